The highest BCUT2D eigenvalue weighted by atomic mass is 16.5. The molecule has 0 bridgehead atoms. The first-order chi connectivity index (χ1) is 9.06. The molecule has 0 aliphatic carbocycles. The van der Waals surface area contributed by atoms with Gasteiger partial charge in [-0.05, 0) is 49.2 Å². The predicted octanol–water partition coefficient (Wildman–Crippen LogP) is 3.84. The van der Waals surface area contributed by atoms with Crippen molar-refractivity contribution < 1.29 is 14.6 Å². The molecule has 0 aromatic heterocycles. The maximum absolute atomic E-state index is 10.8. The van der Waals surface area contributed by atoms with Crippen molar-refractivity contribution in [2.45, 2.75) is 20.0 Å². The molecule has 0 unspecified atom stereocenters. The molecule has 0 radical (unpaired) electrons. The number of ether oxygens (including phenoxy) is 1. The van der Waals surface area contributed by atoms with Crippen LogP contribution in [0.25, 0.3) is 11.1 Å². The monoisotopic (exact) mass is 256 g/mol. The second-order valence-electron chi connectivity index (χ2n) is 4.57. The Balaban J connectivity index is 2.19. The average Bonchev–Trinajstić information content (AvgIpc) is 2.39. The van der Waals surface area contributed by atoms with Crippen molar-refractivity contribution in [2.75, 3.05) is 0 Å². The van der Waals surface area contributed by atoms with E-state index in [4.69, 9.17) is 9.84 Å². The summed E-state index contributed by atoms with van der Waals surface area (Å²) in [6.07, 6.45) is 0.153. The van der Waals surface area contributed by atoms with Crippen molar-refractivity contribution in [3.05, 3.63) is 54.1 Å². The summed E-state index contributed by atoms with van der Waals surface area (Å²) in [5.41, 5.74) is 2.32. The molecule has 2 rings (SSSR count). The molecule has 0 fully saturated rings. The SMILES string of the molecule is CC(C)Oc1ccc(-c2ccc(C(=O)O)cc2)cc1. The van der Waals surface area contributed by atoms with E-state index in [1.165, 1.54) is 0 Å². The van der Waals surface area contributed by atoms with Crippen LogP contribution in [0.15, 0.2) is 48.5 Å². The maximum Gasteiger partial charge on any atom is 0.335 e. The van der Waals surface area contributed by atoms with E-state index in [9.17, 15) is 4.79 Å². The van der Waals surface area contributed by atoms with Crippen LogP contribution < -0.4 is 4.74 Å². The van der Waals surface area contributed by atoms with Crippen LogP contribution >= 0.6 is 0 Å². The van der Waals surface area contributed by atoms with Gasteiger partial charge >= 0.3 is 5.97 Å². The van der Waals surface area contributed by atoms with E-state index in [0.717, 1.165) is 16.9 Å². The first-order valence-corrected chi connectivity index (χ1v) is 6.16. The van der Waals surface area contributed by atoms with Crippen LogP contribution in [0.2, 0.25) is 0 Å². The van der Waals surface area contributed by atoms with Gasteiger partial charge in [-0.3, -0.25) is 0 Å². The summed E-state index contributed by atoms with van der Waals surface area (Å²) < 4.78 is 5.58. The first kappa shape index (κ1) is 13.1. The number of carbonyl (C=O) groups is 1. The highest BCUT2D eigenvalue weighted by Crippen LogP contribution is 2.23. The van der Waals surface area contributed by atoms with Crippen molar-refractivity contribution in [3.63, 3.8) is 0 Å². The lowest BCUT2D eigenvalue weighted by atomic mass is 10.0. The molecule has 98 valence electrons. The van der Waals surface area contributed by atoms with E-state index in [1.54, 1.807) is 12.1 Å². The molecule has 19 heavy (non-hydrogen) atoms. The van der Waals surface area contributed by atoms with Gasteiger partial charge in [0, 0.05) is 0 Å². The summed E-state index contributed by atoms with van der Waals surface area (Å²) in [6, 6.07) is 14.6. The van der Waals surface area contributed by atoms with E-state index in [-0.39, 0.29) is 6.10 Å². The molecular formula is C16H16O3. The van der Waals surface area contributed by atoms with E-state index in [0.29, 0.717) is 5.56 Å². The van der Waals surface area contributed by atoms with Crippen molar-refractivity contribution in [2.24, 2.45) is 0 Å². The van der Waals surface area contributed by atoms with Gasteiger partial charge in [0.2, 0.25) is 0 Å². The highest BCUT2D eigenvalue weighted by molar-refractivity contribution is 5.88. The largest absolute Gasteiger partial charge is 0.491 e. The Kier molecular flexibility index (Phi) is 3.85. The lowest BCUT2D eigenvalue weighted by Crippen LogP contribution is -2.05. The Morgan fingerprint density at radius 1 is 0.947 bits per heavy atom. The standard InChI is InChI=1S/C16H16O3/c1-11(2)19-15-9-7-13(8-10-15)12-3-5-14(6-4-12)16(17)18/h3-11H,1-2H3,(H,17,18). The fraction of sp³-hybridized carbons (Fsp3) is 0.188. The molecule has 0 heterocycles. The topological polar surface area (TPSA) is 46.5 Å². The van der Waals surface area contributed by atoms with Gasteiger partial charge in [0.15, 0.2) is 0 Å². The van der Waals surface area contributed by atoms with E-state index in [2.05, 4.69) is 0 Å². The molecular weight excluding hydrogens is 240 g/mol. The van der Waals surface area contributed by atoms with Crippen LogP contribution in [0.4, 0.5) is 0 Å². The van der Waals surface area contributed by atoms with Crippen LogP contribution in [-0.2, 0) is 0 Å². The van der Waals surface area contributed by atoms with E-state index < -0.39 is 5.97 Å². The highest BCUT2D eigenvalue weighted by Gasteiger charge is 2.04. The van der Waals surface area contributed by atoms with Gasteiger partial charge < -0.3 is 9.84 Å². The minimum atomic E-state index is -0.910. The van der Waals surface area contributed by atoms with Crippen LogP contribution in [0.3, 0.4) is 0 Å². The Bertz CT molecular complexity index is 554. The molecule has 0 atom stereocenters. The second-order valence-corrected chi connectivity index (χ2v) is 4.57. The number of carboxylic acid groups (broad SMARTS) is 1. The van der Waals surface area contributed by atoms with E-state index in [1.807, 2.05) is 50.2 Å². The number of hydrogen-bond acceptors (Lipinski definition) is 2. The van der Waals surface area contributed by atoms with Crippen molar-refractivity contribution in [3.8, 4) is 16.9 Å². The Hall–Kier alpha value is -2.29. The molecule has 0 saturated carbocycles. The Morgan fingerprint density at radius 2 is 1.42 bits per heavy atom. The number of rotatable bonds is 4. The quantitative estimate of drug-likeness (QED) is 0.904. The Morgan fingerprint density at radius 3 is 1.84 bits per heavy atom. The molecule has 0 amide bonds. The van der Waals surface area contributed by atoms with Crippen LogP contribution in [0.1, 0.15) is 24.2 Å². The zero-order valence-corrected chi connectivity index (χ0v) is 11.0. The average molecular weight is 256 g/mol. The summed E-state index contributed by atoms with van der Waals surface area (Å²) in [6.45, 7) is 3.97. The van der Waals surface area contributed by atoms with Gasteiger partial charge in [-0.25, -0.2) is 4.79 Å². The summed E-state index contributed by atoms with van der Waals surface area (Å²) in [5, 5.41) is 8.85. The summed E-state index contributed by atoms with van der Waals surface area (Å²) >= 11 is 0. The van der Waals surface area contributed by atoms with Gasteiger partial charge in [0.05, 0.1) is 11.7 Å². The third-order valence-corrected chi connectivity index (χ3v) is 2.69. The predicted molar refractivity (Wildman–Crippen MR) is 74.6 cm³/mol. The van der Waals surface area contributed by atoms with Gasteiger partial charge in [0.1, 0.15) is 5.75 Å². The zero-order chi connectivity index (χ0) is 13.8. The first-order valence-electron chi connectivity index (χ1n) is 6.16. The number of hydrogen-bond donors (Lipinski definition) is 1. The fourth-order valence-corrected chi connectivity index (χ4v) is 1.80. The molecule has 1 N–H and O–H groups in total. The summed E-state index contributed by atoms with van der Waals surface area (Å²) in [4.78, 5) is 10.8. The number of aromatic carboxylic acids is 1. The third kappa shape index (κ3) is 3.35. The summed E-state index contributed by atoms with van der Waals surface area (Å²) in [5.74, 6) is -0.0758. The minimum Gasteiger partial charge on any atom is -0.491 e. The molecule has 2 aromatic rings. The zero-order valence-electron chi connectivity index (χ0n) is 11.0. The number of benzene rings is 2. The van der Waals surface area contributed by atoms with Crippen molar-refractivity contribution in [1.82, 2.24) is 0 Å². The molecule has 0 saturated heterocycles. The molecule has 2 aromatic carbocycles. The fourth-order valence-electron chi connectivity index (χ4n) is 1.80. The van der Waals surface area contributed by atoms with Crippen molar-refractivity contribution in [1.29, 1.82) is 0 Å². The van der Waals surface area contributed by atoms with Gasteiger partial charge in [-0.15, -0.1) is 0 Å². The third-order valence-electron chi connectivity index (χ3n) is 2.69. The normalized spacial score (nSPS) is 10.5. The smallest absolute Gasteiger partial charge is 0.335 e. The van der Waals surface area contributed by atoms with Crippen LogP contribution in [0, 0.1) is 0 Å². The number of carboxylic acids is 1. The lowest BCUT2D eigenvalue weighted by molar-refractivity contribution is 0.0697. The van der Waals surface area contributed by atoms with Crippen molar-refractivity contribution >= 4 is 5.97 Å². The summed E-state index contributed by atoms with van der Waals surface area (Å²) in [7, 11) is 0. The minimum absolute atomic E-state index is 0.153. The van der Waals surface area contributed by atoms with Gasteiger partial charge in [-0.1, -0.05) is 24.3 Å². The molecule has 0 aliphatic rings. The van der Waals surface area contributed by atoms with Gasteiger partial charge in [-0.2, -0.15) is 0 Å². The molecule has 0 spiro atoms. The van der Waals surface area contributed by atoms with E-state index >= 15 is 0 Å². The molecule has 3 nitrogen and oxygen atoms in total. The lowest BCUT2D eigenvalue weighted by Gasteiger charge is -2.10. The van der Waals surface area contributed by atoms with Gasteiger partial charge in [0.25, 0.3) is 0 Å². The molecule has 0 aliphatic heterocycles. The molecule has 3 heteroatoms. The Labute approximate surface area is 112 Å². The van der Waals surface area contributed by atoms with Crippen LogP contribution in [0.5, 0.6) is 5.75 Å². The second kappa shape index (κ2) is 5.57. The van der Waals surface area contributed by atoms with Crippen LogP contribution in [-0.4, -0.2) is 17.2 Å². The maximum atomic E-state index is 10.8.